The lowest BCUT2D eigenvalue weighted by molar-refractivity contribution is -0.0575. The predicted molar refractivity (Wildman–Crippen MR) is 50.9 cm³/mol. The highest BCUT2D eigenvalue weighted by molar-refractivity contribution is 9.10. The van der Waals surface area contributed by atoms with Gasteiger partial charge < -0.3 is 4.42 Å². The van der Waals surface area contributed by atoms with Gasteiger partial charge in [0.25, 0.3) is 0 Å². The molecule has 92 valence electrons. The molecule has 0 saturated carbocycles. The molecule has 0 saturated heterocycles. The summed E-state index contributed by atoms with van der Waals surface area (Å²) < 4.78 is 66.2. The molecule has 1 unspecified atom stereocenters. The summed E-state index contributed by atoms with van der Waals surface area (Å²) in [6.45, 7) is 1.13. The number of hydrogen-bond donors (Lipinski definition) is 0. The molecule has 1 heterocycles. The lowest BCUT2D eigenvalue weighted by Gasteiger charge is -2.12. The van der Waals surface area contributed by atoms with Crippen molar-refractivity contribution >= 4 is 26.0 Å². The minimum atomic E-state index is -5.61. The molecule has 0 aliphatic rings. The predicted octanol–water partition coefficient (Wildman–Crippen LogP) is 2.97. The van der Waals surface area contributed by atoms with Gasteiger partial charge in [-0.25, -0.2) is 0 Å². The van der Waals surface area contributed by atoms with E-state index < -0.39 is 21.7 Å². The first kappa shape index (κ1) is 13.5. The molecule has 1 aromatic heterocycles. The smallest absolute Gasteiger partial charge is 0.452 e. The van der Waals surface area contributed by atoms with Crippen LogP contribution in [0.15, 0.2) is 21.2 Å². The van der Waals surface area contributed by atoms with Crippen LogP contribution < -0.4 is 0 Å². The van der Waals surface area contributed by atoms with Gasteiger partial charge in [-0.3, -0.25) is 4.18 Å². The van der Waals surface area contributed by atoms with Crippen molar-refractivity contribution in [1.29, 1.82) is 0 Å². The Morgan fingerprint density at radius 3 is 2.38 bits per heavy atom. The number of hydrogen-bond acceptors (Lipinski definition) is 4. The zero-order valence-electron chi connectivity index (χ0n) is 7.79. The number of furan rings is 1. The summed E-state index contributed by atoms with van der Waals surface area (Å²) in [6, 6.07) is 2.72. The van der Waals surface area contributed by atoms with Crippen LogP contribution in [-0.4, -0.2) is 13.9 Å². The maximum absolute atomic E-state index is 12.0. The third kappa shape index (κ3) is 2.98. The van der Waals surface area contributed by atoms with Gasteiger partial charge in [-0.05, 0) is 35.0 Å². The topological polar surface area (TPSA) is 56.5 Å². The third-order valence-electron chi connectivity index (χ3n) is 1.55. The SMILES string of the molecule is CC(OS(=O)(=O)C(F)(F)F)c1ccc(Br)o1. The monoisotopic (exact) mass is 322 g/mol. The highest BCUT2D eigenvalue weighted by Gasteiger charge is 2.48. The Balaban J connectivity index is 2.84. The van der Waals surface area contributed by atoms with E-state index in [0.717, 1.165) is 6.92 Å². The second-order valence-electron chi connectivity index (χ2n) is 2.78. The maximum atomic E-state index is 12.0. The molecule has 1 rings (SSSR count). The van der Waals surface area contributed by atoms with Gasteiger partial charge in [0.2, 0.25) is 0 Å². The van der Waals surface area contributed by atoms with Crippen LogP contribution in [0, 0.1) is 0 Å². The van der Waals surface area contributed by atoms with Crippen LogP contribution in [0.4, 0.5) is 13.2 Å². The Kier molecular flexibility index (Phi) is 3.70. The van der Waals surface area contributed by atoms with Crippen molar-refractivity contribution in [3.63, 3.8) is 0 Å². The summed E-state index contributed by atoms with van der Waals surface area (Å²) in [5, 5.41) is 0. The first-order valence-corrected chi connectivity index (χ1v) is 6.08. The molecule has 0 amide bonds. The van der Waals surface area contributed by atoms with E-state index in [1.807, 2.05) is 0 Å². The molecule has 0 radical (unpaired) electrons. The summed E-state index contributed by atoms with van der Waals surface area (Å²) in [5.74, 6) is -0.0281. The van der Waals surface area contributed by atoms with E-state index in [1.54, 1.807) is 0 Å². The largest absolute Gasteiger partial charge is 0.523 e. The van der Waals surface area contributed by atoms with Gasteiger partial charge in [0, 0.05) is 0 Å². The van der Waals surface area contributed by atoms with Crippen molar-refractivity contribution < 1.29 is 30.2 Å². The quantitative estimate of drug-likeness (QED) is 0.634. The second kappa shape index (κ2) is 4.38. The first-order valence-electron chi connectivity index (χ1n) is 3.88. The van der Waals surface area contributed by atoms with E-state index in [1.165, 1.54) is 12.1 Å². The zero-order valence-corrected chi connectivity index (χ0v) is 10.2. The molecule has 4 nitrogen and oxygen atoms in total. The van der Waals surface area contributed by atoms with Crippen molar-refractivity contribution in [2.24, 2.45) is 0 Å². The molecule has 16 heavy (non-hydrogen) atoms. The molecular weight excluding hydrogens is 317 g/mol. The molecule has 1 atom stereocenters. The fourth-order valence-corrected chi connectivity index (χ4v) is 1.74. The summed E-state index contributed by atoms with van der Waals surface area (Å²) >= 11 is 2.93. The second-order valence-corrected chi connectivity index (χ2v) is 5.13. The highest BCUT2D eigenvalue weighted by atomic mass is 79.9. The van der Waals surface area contributed by atoms with Crippen LogP contribution in [0.5, 0.6) is 0 Å². The van der Waals surface area contributed by atoms with Crippen LogP contribution in [-0.2, 0) is 14.3 Å². The van der Waals surface area contributed by atoms with E-state index in [0.29, 0.717) is 0 Å². The van der Waals surface area contributed by atoms with E-state index >= 15 is 0 Å². The summed E-state index contributed by atoms with van der Waals surface area (Å²) in [4.78, 5) is 0. The van der Waals surface area contributed by atoms with E-state index in [9.17, 15) is 21.6 Å². The van der Waals surface area contributed by atoms with Crippen molar-refractivity contribution in [2.75, 3.05) is 0 Å². The highest BCUT2D eigenvalue weighted by Crippen LogP contribution is 2.31. The Morgan fingerprint density at radius 1 is 1.44 bits per heavy atom. The number of rotatable bonds is 3. The lowest BCUT2D eigenvalue weighted by atomic mass is 10.3. The maximum Gasteiger partial charge on any atom is 0.523 e. The van der Waals surface area contributed by atoms with Crippen molar-refractivity contribution in [3.8, 4) is 0 Å². The van der Waals surface area contributed by atoms with Gasteiger partial charge >= 0.3 is 15.6 Å². The number of halogens is 4. The average Bonchev–Trinajstić information content (AvgIpc) is 2.48. The molecule has 0 aliphatic heterocycles. The normalized spacial score (nSPS) is 15.1. The molecule has 0 spiro atoms. The van der Waals surface area contributed by atoms with Crippen LogP contribution in [0.3, 0.4) is 0 Å². The van der Waals surface area contributed by atoms with E-state index in [2.05, 4.69) is 20.1 Å². The fraction of sp³-hybridized carbons (Fsp3) is 0.429. The van der Waals surface area contributed by atoms with Gasteiger partial charge in [0.1, 0.15) is 11.9 Å². The molecular formula is C7H6BrF3O4S. The van der Waals surface area contributed by atoms with Gasteiger partial charge in [0.15, 0.2) is 4.67 Å². The van der Waals surface area contributed by atoms with E-state index in [-0.39, 0.29) is 10.4 Å². The van der Waals surface area contributed by atoms with Crippen LogP contribution in [0.2, 0.25) is 0 Å². The van der Waals surface area contributed by atoms with Gasteiger partial charge in [-0.1, -0.05) is 0 Å². The fourth-order valence-electron chi connectivity index (χ4n) is 0.839. The lowest BCUT2D eigenvalue weighted by Crippen LogP contribution is -2.26. The first-order chi connectivity index (χ1) is 7.13. The Morgan fingerprint density at radius 2 is 2.00 bits per heavy atom. The van der Waals surface area contributed by atoms with Crippen LogP contribution >= 0.6 is 15.9 Å². The van der Waals surface area contributed by atoms with Crippen molar-refractivity contribution in [1.82, 2.24) is 0 Å². The Labute approximate surface area is 97.6 Å². The van der Waals surface area contributed by atoms with Crippen LogP contribution in [0.1, 0.15) is 18.8 Å². The van der Waals surface area contributed by atoms with Gasteiger partial charge in [-0.15, -0.1) is 0 Å². The third-order valence-corrected chi connectivity index (χ3v) is 3.08. The Hall–Kier alpha value is -0.540. The molecule has 0 aromatic carbocycles. The minimum absolute atomic E-state index is 0.0281. The van der Waals surface area contributed by atoms with Crippen molar-refractivity contribution in [2.45, 2.75) is 18.5 Å². The van der Waals surface area contributed by atoms with Gasteiger partial charge in [-0.2, -0.15) is 21.6 Å². The summed E-state index contributed by atoms with van der Waals surface area (Å²) in [5.41, 5.74) is -5.44. The zero-order chi connectivity index (χ0) is 12.6. The number of alkyl halides is 3. The molecule has 0 fully saturated rings. The molecule has 0 N–H and O–H groups in total. The van der Waals surface area contributed by atoms with E-state index in [4.69, 9.17) is 4.42 Å². The van der Waals surface area contributed by atoms with Crippen molar-refractivity contribution in [3.05, 3.63) is 22.6 Å². The molecule has 0 aliphatic carbocycles. The molecule has 9 heteroatoms. The molecule has 0 bridgehead atoms. The molecule has 1 aromatic rings. The average molecular weight is 323 g/mol. The minimum Gasteiger partial charge on any atom is -0.452 e. The van der Waals surface area contributed by atoms with Crippen LogP contribution in [0.25, 0.3) is 0 Å². The standard InChI is InChI=1S/C7H6BrF3O4S/c1-4(5-2-3-6(8)14-5)15-16(12,13)7(9,10)11/h2-4H,1H3. The summed E-state index contributed by atoms with van der Waals surface area (Å²) in [6.07, 6.45) is -1.35. The van der Waals surface area contributed by atoms with Gasteiger partial charge in [0.05, 0.1) is 0 Å². The summed E-state index contributed by atoms with van der Waals surface area (Å²) in [7, 11) is -5.61. The Bertz CT molecular complexity index is 464.